The minimum atomic E-state index is -1.16. The lowest BCUT2D eigenvalue weighted by Gasteiger charge is -2.39. The number of hydrogen-bond donors (Lipinski definition) is 7. The summed E-state index contributed by atoms with van der Waals surface area (Å²) in [4.78, 5) is 20.9. The number of hydrogen-bond acceptors (Lipinski definition) is 8. The van der Waals surface area contributed by atoms with Gasteiger partial charge in [-0.15, -0.1) is 5.75 Å². The van der Waals surface area contributed by atoms with Crippen molar-refractivity contribution in [1.29, 1.82) is 0 Å². The number of H-pyrrole nitrogens is 1. The number of phenolic OH excluding ortho intramolecular Hbond substituents is 1. The van der Waals surface area contributed by atoms with E-state index in [1.165, 1.54) is 25.3 Å². The van der Waals surface area contributed by atoms with Gasteiger partial charge >= 0.3 is 5.97 Å². The first-order chi connectivity index (χ1) is 29.9. The zero-order valence-electron chi connectivity index (χ0n) is 36.4. The molecule has 0 spiro atoms. The van der Waals surface area contributed by atoms with Crippen LogP contribution >= 0.6 is 0 Å². The smallest absolute Gasteiger partial charge is 0.309 e. The van der Waals surface area contributed by atoms with E-state index in [9.17, 15) is 35.4 Å². The van der Waals surface area contributed by atoms with Crippen molar-refractivity contribution in [3.63, 3.8) is 0 Å². The Morgan fingerprint density at radius 1 is 0.903 bits per heavy atom. The Kier molecular flexibility index (Phi) is 15.1. The van der Waals surface area contributed by atoms with Crippen molar-refractivity contribution < 1.29 is 35.4 Å². The average molecular weight is 847 g/mol. The number of carboxylic acids is 1. The summed E-state index contributed by atoms with van der Waals surface area (Å²) in [5.41, 5.74) is 9.72. The highest BCUT2D eigenvalue weighted by molar-refractivity contribution is 5.71. The number of benzene rings is 2. The predicted molar refractivity (Wildman–Crippen MR) is 241 cm³/mol. The number of nitrogens with two attached hydrogens (primary N) is 1. The highest BCUT2D eigenvalue weighted by Gasteiger charge is 2.51. The Balaban J connectivity index is 1.15. The summed E-state index contributed by atoms with van der Waals surface area (Å²) in [5.74, 6) is -1.90. The zero-order chi connectivity index (χ0) is 43.8. The van der Waals surface area contributed by atoms with Gasteiger partial charge in [0.2, 0.25) is 0 Å². The van der Waals surface area contributed by atoms with E-state index in [-0.39, 0.29) is 60.0 Å². The molecule has 2 aromatic heterocycles. The lowest BCUT2D eigenvalue weighted by Crippen LogP contribution is -2.42. The number of fused-ring (bicyclic) bond motifs is 1. The summed E-state index contributed by atoms with van der Waals surface area (Å²) in [6.07, 6.45) is 17.3. The van der Waals surface area contributed by atoms with Crippen LogP contribution in [0.2, 0.25) is 0 Å². The molecular weight excluding hydrogens is 779 g/mol. The monoisotopic (exact) mass is 847 g/mol. The quantitative estimate of drug-likeness (QED) is 0.0425. The molecule has 334 valence electrons. The normalized spacial score (nSPS) is 29.0. The van der Waals surface area contributed by atoms with Crippen LogP contribution in [0.4, 0.5) is 5.82 Å². The van der Waals surface area contributed by atoms with Gasteiger partial charge in [-0.1, -0.05) is 81.5 Å². The number of aliphatic hydroxyl groups excluding tert-OH is 2. The molecule has 10 atom stereocenters. The van der Waals surface area contributed by atoms with Gasteiger partial charge in [0.25, 0.3) is 0 Å². The third-order valence-electron chi connectivity index (χ3n) is 14.7. The van der Waals surface area contributed by atoms with Crippen molar-refractivity contribution in [2.45, 2.75) is 140 Å². The average Bonchev–Trinajstić information content (AvgIpc) is 3.85. The third-order valence-corrected chi connectivity index (χ3v) is 14.7. The van der Waals surface area contributed by atoms with E-state index < -0.39 is 23.6 Å². The number of aliphatic carboxylic acids is 1. The summed E-state index contributed by atoms with van der Waals surface area (Å²) in [5, 5.41) is 70.2. The van der Waals surface area contributed by atoms with E-state index >= 15 is 0 Å². The van der Waals surface area contributed by atoms with E-state index in [1.807, 2.05) is 54.6 Å². The van der Waals surface area contributed by atoms with Crippen LogP contribution in [0.5, 0.6) is 11.5 Å². The number of aromatic amines is 1. The van der Waals surface area contributed by atoms with Crippen molar-refractivity contribution in [3.05, 3.63) is 107 Å². The van der Waals surface area contributed by atoms with Crippen molar-refractivity contribution in [2.75, 3.05) is 5.73 Å². The maximum Gasteiger partial charge on any atom is 0.309 e. The number of phenols is 1. The highest BCUT2D eigenvalue weighted by Crippen LogP contribution is 2.53. The van der Waals surface area contributed by atoms with E-state index in [4.69, 9.17) is 5.73 Å². The van der Waals surface area contributed by atoms with Gasteiger partial charge < -0.3 is 41.4 Å². The number of carbonyl (C=O) groups is 1. The van der Waals surface area contributed by atoms with Gasteiger partial charge in [0.1, 0.15) is 11.6 Å². The Morgan fingerprint density at radius 2 is 1.69 bits per heavy atom. The van der Waals surface area contributed by atoms with Crippen LogP contribution in [-0.4, -0.2) is 59.3 Å². The Morgan fingerprint density at radius 3 is 2.45 bits per heavy atom. The maximum atomic E-state index is 13.4. The molecule has 0 unspecified atom stereocenters. The first kappa shape index (κ1) is 45.4. The van der Waals surface area contributed by atoms with E-state index in [2.05, 4.69) is 29.0 Å². The molecule has 0 saturated heterocycles. The minimum Gasteiger partial charge on any atom is -0.872 e. The van der Waals surface area contributed by atoms with E-state index in [0.29, 0.717) is 67.1 Å². The Labute approximate surface area is 367 Å². The van der Waals surface area contributed by atoms with E-state index in [1.54, 1.807) is 12.3 Å². The number of nitrogens with one attached hydrogen (secondary N) is 1. The summed E-state index contributed by atoms with van der Waals surface area (Å²) in [6, 6.07) is 20.5. The van der Waals surface area contributed by atoms with E-state index in [0.717, 1.165) is 55.3 Å². The molecule has 2 aromatic carbocycles. The second-order valence-electron chi connectivity index (χ2n) is 19.1. The number of aromatic hydroxyl groups is 1. The van der Waals surface area contributed by atoms with Crippen molar-refractivity contribution in [3.8, 4) is 22.8 Å². The van der Waals surface area contributed by atoms with Crippen LogP contribution < -0.4 is 10.8 Å². The predicted octanol–water partition coefficient (Wildman–Crippen LogP) is 9.06. The van der Waals surface area contributed by atoms with Gasteiger partial charge in [0, 0.05) is 35.0 Å². The van der Waals surface area contributed by atoms with Crippen LogP contribution in [-0.2, 0) is 17.6 Å². The molecule has 4 aromatic rings. The molecule has 0 radical (unpaired) electrons. The van der Waals surface area contributed by atoms with Crippen LogP contribution in [0.3, 0.4) is 0 Å². The van der Waals surface area contributed by atoms with Crippen molar-refractivity contribution in [2.24, 2.45) is 35.5 Å². The van der Waals surface area contributed by atoms with Gasteiger partial charge in [0.05, 0.1) is 23.7 Å². The fourth-order valence-corrected chi connectivity index (χ4v) is 11.6. The van der Waals surface area contributed by atoms with Gasteiger partial charge in [-0.3, -0.25) is 4.79 Å². The minimum absolute atomic E-state index is 0.0998. The second-order valence-corrected chi connectivity index (χ2v) is 19.1. The molecule has 62 heavy (non-hydrogen) atoms. The number of allylic oxidation sites excluding steroid dienone is 1. The van der Waals surface area contributed by atoms with Gasteiger partial charge in [0.15, 0.2) is 0 Å². The number of carboxylic acid groups (broad SMARTS) is 1. The number of rotatable bonds is 16. The van der Waals surface area contributed by atoms with Crippen molar-refractivity contribution >= 4 is 11.8 Å². The van der Waals surface area contributed by atoms with Gasteiger partial charge in [-0.2, -0.15) is 0 Å². The molecule has 7 rings (SSSR count). The van der Waals surface area contributed by atoms with Gasteiger partial charge in [-0.25, -0.2) is 4.98 Å². The number of nitrogens with zero attached hydrogens (tertiary/aromatic N) is 1. The zero-order valence-corrected chi connectivity index (χ0v) is 36.4. The molecule has 2 fully saturated rings. The molecule has 8 N–H and O–H groups in total. The number of nitrogen functional groups attached to an aromatic ring is 1. The fourth-order valence-electron chi connectivity index (χ4n) is 11.6. The molecule has 3 aliphatic rings. The van der Waals surface area contributed by atoms with Crippen LogP contribution in [0.25, 0.3) is 11.3 Å². The molecule has 0 aliphatic heterocycles. The maximum absolute atomic E-state index is 13.4. The topological polar surface area (TPSA) is 196 Å². The molecule has 2 saturated carbocycles. The number of aromatic nitrogens is 2. The Bertz CT molecular complexity index is 2100. The molecule has 10 heteroatoms. The number of aliphatic hydroxyl groups is 3. The Hall–Kier alpha value is -4.64. The molecule has 2 heterocycles. The lowest BCUT2D eigenvalue weighted by atomic mass is 9.69. The molecular formula is C52H68N3O7-. The summed E-state index contributed by atoms with van der Waals surface area (Å²) in [6.45, 7) is 2.21. The molecule has 0 amide bonds. The summed E-state index contributed by atoms with van der Waals surface area (Å²) in [7, 11) is 0. The summed E-state index contributed by atoms with van der Waals surface area (Å²) < 4.78 is 0. The number of anilines is 1. The first-order valence-corrected chi connectivity index (χ1v) is 23.4. The summed E-state index contributed by atoms with van der Waals surface area (Å²) >= 11 is 0. The number of pyridine rings is 1. The van der Waals surface area contributed by atoms with Crippen LogP contribution in [0.15, 0.2) is 85.1 Å². The number of unbranched alkanes of at least 4 members (excludes halogenated alkanes) is 3. The molecule has 10 nitrogen and oxygen atoms in total. The van der Waals surface area contributed by atoms with Crippen molar-refractivity contribution in [1.82, 2.24) is 9.97 Å². The van der Waals surface area contributed by atoms with Gasteiger partial charge in [-0.05, 0) is 154 Å². The lowest BCUT2D eigenvalue weighted by molar-refractivity contribution is -0.269. The molecule has 3 aliphatic carbocycles. The van der Waals surface area contributed by atoms with Crippen LogP contribution in [0.1, 0.15) is 132 Å². The fraction of sp³-hybridized carbons (Fsp3) is 0.538. The SMILES string of the molecule is CCCCC[C@@H]1C=C[C@@H](CCCC[C@H]2CC[C@@H](c3ccc(-c4cc(O)cc([O-])c4Cc4ccccc4)[nH]3)[C@@H]3C[C@H](Cc4ccnc(N)c4)C[C@@]3(O)CC[C@H](O)[C@H]2C(=O)O)[C@H](O)C1. The standard InChI is InChI=1S/C52H69N3O7/c1-2-3-5-10-34-15-16-37(47(58)28-34)13-8-9-14-38-17-18-40(44-19-20-45(55-44)41-30-39(56)31-48(59)42(41)26-33-11-6-4-7-12-33)43-27-36(25-35-22-24-54-49(53)29-35)32-52(43,62)23-21-46(57)50(38)51(60)61/h4,6-7,11-12,15-16,19-20,22,24,29-31,34,36-38,40,43,46-47,50,55-59,62H,2-3,5,8-10,13-14,17-18,21,23,25-28,32H2,1H3,(H2,53,54)(H,60,61)/p-1/t34-,36+,37-,38+,40-,43+,46+,47-,50+,52+/m1/s1. The second kappa shape index (κ2) is 20.7. The largest absolute Gasteiger partial charge is 0.872 e. The van der Waals surface area contributed by atoms with Crippen LogP contribution in [0, 0.1) is 35.5 Å². The highest BCUT2D eigenvalue weighted by atomic mass is 16.4. The first-order valence-electron chi connectivity index (χ1n) is 23.4. The third kappa shape index (κ3) is 11.1. The molecule has 0 bridgehead atoms.